The minimum atomic E-state index is -0.977. The molecule has 0 saturated carbocycles. The molecule has 0 radical (unpaired) electrons. The third kappa shape index (κ3) is 9.35. The molecule has 0 saturated heterocycles. The Morgan fingerprint density at radius 1 is 0.694 bits per heavy atom. The summed E-state index contributed by atoms with van der Waals surface area (Å²) in [4.78, 5) is 37.6. The van der Waals surface area contributed by atoms with Gasteiger partial charge in [0.25, 0.3) is 0 Å². The van der Waals surface area contributed by atoms with Crippen LogP contribution >= 0.6 is 0 Å². The smallest absolute Gasteiger partial charge is 0.508 e. The molecule has 0 aliphatic carbocycles. The van der Waals surface area contributed by atoms with E-state index >= 15 is 0 Å². The molecule has 0 fully saturated rings. The van der Waals surface area contributed by atoms with Crippen LogP contribution in [0.5, 0.6) is 0 Å². The number of rotatable bonds is 13. The van der Waals surface area contributed by atoms with Crippen LogP contribution in [0.4, 0.5) is 0 Å². The number of hydrogen-bond acceptors (Lipinski definition) is 8. The summed E-state index contributed by atoms with van der Waals surface area (Å²) in [6.07, 6.45) is 0. The summed E-state index contributed by atoms with van der Waals surface area (Å²) in [6.45, 7) is 24.2. The van der Waals surface area contributed by atoms with Crippen LogP contribution < -0.4 is 10.2 Å². The molecule has 0 spiro atoms. The van der Waals surface area contributed by atoms with E-state index in [1.807, 2.05) is 0 Å². The predicted octanol–water partition coefficient (Wildman–Crippen LogP) is -1.16. The molecule has 178 valence electrons. The molecule has 0 atom stereocenters. The second-order valence-electron chi connectivity index (χ2n) is 6.41. The Kier molecular flexibility index (Phi) is 13.3. The molecule has 0 aromatic heterocycles. The third-order valence-corrected chi connectivity index (χ3v) is 4.13. The van der Waals surface area contributed by atoms with Crippen LogP contribution in [0, 0.1) is 49.0 Å². The fourth-order valence-electron chi connectivity index (χ4n) is 2.42. The summed E-state index contributed by atoms with van der Waals surface area (Å²) in [5.41, 5.74) is -1.55. The number of ketones is 2. The largest absolute Gasteiger partial charge is 0.878 e. The first-order valence-electron chi connectivity index (χ1n) is 9.31. The molecule has 0 aliphatic heterocycles. The van der Waals surface area contributed by atoms with Crippen molar-refractivity contribution in [2.45, 2.75) is 0 Å². The SMILES string of the molecule is [C-]#[N+]C([N+]#[C-])=C([O-])CN(CCN(CC(=O)C(=C=[N-])C#N)CC(=O)C(=C=[N-])C#N)CC([O-])=C([N+]#[C-])[N+]#[C-]. The quantitative estimate of drug-likeness (QED) is 0.103. The van der Waals surface area contributed by atoms with E-state index < -0.39 is 72.1 Å². The van der Waals surface area contributed by atoms with Crippen molar-refractivity contribution in [2.24, 2.45) is 0 Å². The minimum Gasteiger partial charge on any atom is -0.878 e. The van der Waals surface area contributed by atoms with E-state index in [0.29, 0.717) is 0 Å². The van der Waals surface area contributed by atoms with Gasteiger partial charge in [0.15, 0.2) is 11.6 Å². The molecule has 36 heavy (non-hydrogen) atoms. The lowest BCUT2D eigenvalue weighted by Gasteiger charge is -2.30. The third-order valence-electron chi connectivity index (χ3n) is 4.13. The van der Waals surface area contributed by atoms with E-state index in [1.54, 1.807) is 0 Å². The van der Waals surface area contributed by atoms with Gasteiger partial charge in [-0.15, -0.1) is 0 Å². The van der Waals surface area contributed by atoms with Gasteiger partial charge >= 0.3 is 11.6 Å². The monoisotopic (exact) mass is 480 g/mol. The molecule has 0 aromatic rings. The van der Waals surface area contributed by atoms with Gasteiger partial charge in [-0.3, -0.25) is 19.4 Å². The number of carbonyl (C=O) groups excluding carboxylic acids is 2. The zero-order valence-electron chi connectivity index (χ0n) is 18.3. The Bertz CT molecular complexity index is 1200. The van der Waals surface area contributed by atoms with Gasteiger partial charge in [-0.2, -0.15) is 29.9 Å². The van der Waals surface area contributed by atoms with E-state index in [0.717, 1.165) is 9.80 Å². The van der Waals surface area contributed by atoms with E-state index in [-0.39, 0.29) is 13.1 Å². The van der Waals surface area contributed by atoms with E-state index in [1.165, 1.54) is 23.9 Å². The highest BCUT2D eigenvalue weighted by molar-refractivity contribution is 6.10. The van der Waals surface area contributed by atoms with Gasteiger partial charge in [0, 0.05) is 26.2 Å². The van der Waals surface area contributed by atoms with E-state index in [9.17, 15) is 19.8 Å². The minimum absolute atomic E-state index is 0.298. The maximum atomic E-state index is 12.2. The molecule has 0 N–H and O–H groups in total. The van der Waals surface area contributed by atoms with Crippen LogP contribution in [0.1, 0.15) is 0 Å². The molecule has 0 aliphatic rings. The zero-order valence-corrected chi connectivity index (χ0v) is 18.3. The summed E-state index contributed by atoms with van der Waals surface area (Å²) in [5, 5.41) is 60.0. The number of nitriles is 2. The molecule has 14 nitrogen and oxygen atoms in total. The molecule has 0 amide bonds. The Morgan fingerprint density at radius 2 is 1.00 bits per heavy atom. The number of nitrogens with zero attached hydrogens (tertiary/aromatic N) is 10. The van der Waals surface area contributed by atoms with Crippen molar-refractivity contribution in [3.8, 4) is 12.1 Å². The Labute approximate surface area is 206 Å². The first-order valence-corrected chi connectivity index (χ1v) is 9.31. The van der Waals surface area contributed by atoms with Crippen LogP contribution in [0.15, 0.2) is 34.3 Å². The number of Topliss-reactive ketones (excluding diaryl/α,β-unsaturated/α-hetero) is 2. The van der Waals surface area contributed by atoms with Crippen molar-refractivity contribution in [2.75, 3.05) is 39.3 Å². The molecular formula is C22H12N10O4-4. The van der Waals surface area contributed by atoms with Crippen LogP contribution in [-0.4, -0.2) is 72.4 Å². The van der Waals surface area contributed by atoms with Gasteiger partial charge in [0.2, 0.25) is 0 Å². The molecular weight excluding hydrogens is 468 g/mol. The number of carbonyl (C=O) groups is 2. The van der Waals surface area contributed by atoms with Crippen molar-refractivity contribution in [1.29, 1.82) is 10.5 Å². The topological polar surface area (TPSA) is 196 Å². The average molecular weight is 480 g/mol. The lowest BCUT2D eigenvalue weighted by atomic mass is 10.1. The maximum absolute atomic E-state index is 12.2. The number of hydrogen-bond donors (Lipinski definition) is 0. The molecule has 0 heterocycles. The first kappa shape index (κ1) is 30.2. The van der Waals surface area contributed by atoms with E-state index in [2.05, 4.69) is 19.4 Å². The van der Waals surface area contributed by atoms with Crippen molar-refractivity contribution < 1.29 is 19.8 Å². The normalized spacial score (nSPS) is 8.89. The summed E-state index contributed by atoms with van der Waals surface area (Å²) in [5.74, 6) is -2.72. The van der Waals surface area contributed by atoms with Crippen molar-refractivity contribution in [1.82, 2.24) is 9.80 Å². The highest BCUT2D eigenvalue weighted by atomic mass is 16.3. The Hall–Kier alpha value is -5.82. The second-order valence-corrected chi connectivity index (χ2v) is 6.41. The van der Waals surface area contributed by atoms with Crippen LogP contribution in [0.25, 0.3) is 30.2 Å². The van der Waals surface area contributed by atoms with Gasteiger partial charge in [0.05, 0.1) is 13.1 Å². The van der Waals surface area contributed by atoms with Gasteiger partial charge in [-0.1, -0.05) is 0 Å². The molecule has 0 bridgehead atoms. The van der Waals surface area contributed by atoms with E-state index in [4.69, 9.17) is 47.6 Å². The maximum Gasteiger partial charge on any atom is 0.508 e. The molecule has 0 unspecified atom stereocenters. The summed E-state index contributed by atoms with van der Waals surface area (Å²) in [6, 6.07) is 2.78. The zero-order chi connectivity index (χ0) is 27.7. The molecule has 14 heteroatoms. The van der Waals surface area contributed by atoms with Crippen LogP contribution in [0.3, 0.4) is 0 Å². The summed E-state index contributed by atoms with van der Waals surface area (Å²) >= 11 is 0. The van der Waals surface area contributed by atoms with Crippen molar-refractivity contribution in [3.05, 3.63) is 90.8 Å². The van der Waals surface area contributed by atoms with Crippen molar-refractivity contribution in [3.63, 3.8) is 0 Å². The fourth-order valence-corrected chi connectivity index (χ4v) is 2.42. The fraction of sp³-hybridized carbons (Fsp3) is 0.273. The lowest BCUT2D eigenvalue weighted by Crippen LogP contribution is -2.43. The van der Waals surface area contributed by atoms with Gasteiger partial charge < -0.3 is 21.0 Å². The lowest BCUT2D eigenvalue weighted by molar-refractivity contribution is -0.315. The Morgan fingerprint density at radius 3 is 1.25 bits per heavy atom. The molecule has 0 rings (SSSR count). The van der Waals surface area contributed by atoms with Gasteiger partial charge in [-0.05, 0) is 11.5 Å². The highest BCUT2D eigenvalue weighted by Gasteiger charge is 2.20. The van der Waals surface area contributed by atoms with Gasteiger partial charge in [0.1, 0.15) is 49.6 Å². The highest BCUT2D eigenvalue weighted by Crippen LogP contribution is 2.09. The molecule has 0 aromatic carbocycles. The second kappa shape index (κ2) is 15.9. The van der Waals surface area contributed by atoms with Crippen molar-refractivity contribution >= 4 is 23.3 Å². The average Bonchev–Trinajstić information content (AvgIpc) is 2.85. The summed E-state index contributed by atoms with van der Waals surface area (Å²) < 4.78 is 0. The summed E-state index contributed by atoms with van der Waals surface area (Å²) in [7, 11) is 0. The predicted molar refractivity (Wildman–Crippen MR) is 118 cm³/mol. The first-order chi connectivity index (χ1) is 17.1. The Balaban J connectivity index is 6.15. The van der Waals surface area contributed by atoms with Crippen LogP contribution in [0.2, 0.25) is 0 Å². The standard InChI is InChI=1S/C22H14N10O4/c1-27-21(28-2)19(35)13-32(14-20(36)22(29-3)30-4)6-5-31(11-17(33)15(7-23)8-24)12-18(34)16(9-25)10-26/h35-36H,5-6,11-14H2/q-2/p-2. The van der Waals surface area contributed by atoms with Gasteiger partial charge in [-0.25, -0.2) is 11.7 Å². The van der Waals surface area contributed by atoms with Crippen LogP contribution in [-0.2, 0) is 9.59 Å².